The summed E-state index contributed by atoms with van der Waals surface area (Å²) in [5.74, 6) is -1.34. The zero-order valence-corrected chi connectivity index (χ0v) is 12.5. The van der Waals surface area contributed by atoms with Crippen molar-refractivity contribution in [3.63, 3.8) is 0 Å². The van der Waals surface area contributed by atoms with E-state index >= 15 is 0 Å². The van der Waals surface area contributed by atoms with Gasteiger partial charge in [0.15, 0.2) is 0 Å². The van der Waals surface area contributed by atoms with Gasteiger partial charge >= 0.3 is 12.3 Å². The minimum Gasteiger partial charge on any atom is -0.469 e. The summed E-state index contributed by atoms with van der Waals surface area (Å²) in [5, 5.41) is 0. The van der Waals surface area contributed by atoms with Gasteiger partial charge in [-0.3, -0.25) is 4.79 Å². The van der Waals surface area contributed by atoms with Crippen molar-refractivity contribution in [3.8, 4) is 5.75 Å². The first kappa shape index (κ1) is 16.3. The highest BCUT2D eigenvalue weighted by atomic mass is 127. The molecule has 0 radical (unpaired) electrons. The lowest BCUT2D eigenvalue weighted by atomic mass is 10.1. The molecule has 0 aliphatic heterocycles. The van der Waals surface area contributed by atoms with Crippen LogP contribution in [0.5, 0.6) is 5.75 Å². The van der Waals surface area contributed by atoms with E-state index in [-0.39, 0.29) is 20.8 Å². The van der Waals surface area contributed by atoms with Crippen molar-refractivity contribution in [2.24, 2.45) is 0 Å². The SMILES string of the molecule is COC(=O)Cc1c(OC(F)(F)F)cc(I)nc1CCl. The van der Waals surface area contributed by atoms with Crippen molar-refractivity contribution < 1.29 is 27.4 Å². The van der Waals surface area contributed by atoms with Crippen LogP contribution >= 0.6 is 34.2 Å². The number of aromatic nitrogens is 1. The van der Waals surface area contributed by atoms with Gasteiger partial charge in [-0.1, -0.05) is 0 Å². The van der Waals surface area contributed by atoms with E-state index in [9.17, 15) is 18.0 Å². The number of carbonyl (C=O) groups excluding carboxylic acids is 1. The number of carbonyl (C=O) groups is 1. The molecule has 0 aliphatic carbocycles. The van der Waals surface area contributed by atoms with Crippen LogP contribution in [0.15, 0.2) is 6.07 Å². The monoisotopic (exact) mass is 409 g/mol. The number of pyridine rings is 1. The fraction of sp³-hybridized carbons (Fsp3) is 0.400. The lowest BCUT2D eigenvalue weighted by molar-refractivity contribution is -0.275. The summed E-state index contributed by atoms with van der Waals surface area (Å²) in [6.45, 7) is 0. The highest BCUT2D eigenvalue weighted by molar-refractivity contribution is 14.1. The van der Waals surface area contributed by atoms with Gasteiger partial charge < -0.3 is 9.47 Å². The molecule has 19 heavy (non-hydrogen) atoms. The van der Waals surface area contributed by atoms with Crippen molar-refractivity contribution >= 4 is 40.2 Å². The topological polar surface area (TPSA) is 48.4 Å². The molecule has 0 amide bonds. The predicted molar refractivity (Wildman–Crippen MR) is 68.9 cm³/mol. The van der Waals surface area contributed by atoms with E-state index in [2.05, 4.69) is 14.5 Å². The Morgan fingerprint density at radius 2 is 2.16 bits per heavy atom. The molecule has 0 saturated carbocycles. The summed E-state index contributed by atoms with van der Waals surface area (Å²) in [6, 6.07) is 1.09. The van der Waals surface area contributed by atoms with Crippen LogP contribution in [-0.2, 0) is 21.8 Å². The number of hydrogen-bond donors (Lipinski definition) is 0. The van der Waals surface area contributed by atoms with Gasteiger partial charge in [0.05, 0.1) is 25.1 Å². The normalized spacial score (nSPS) is 11.3. The standard InChI is InChI=1S/C10H8ClF3INO3/c1-18-9(17)2-5-6(4-11)16-8(15)3-7(5)19-10(12,13)14/h3H,2,4H2,1H3. The number of alkyl halides is 4. The van der Waals surface area contributed by atoms with E-state index in [1.807, 2.05) is 0 Å². The van der Waals surface area contributed by atoms with Gasteiger partial charge in [-0.25, -0.2) is 4.98 Å². The van der Waals surface area contributed by atoms with Crippen LogP contribution in [0.4, 0.5) is 13.2 Å². The Morgan fingerprint density at radius 3 is 2.63 bits per heavy atom. The smallest absolute Gasteiger partial charge is 0.469 e. The first-order valence-corrected chi connectivity index (χ1v) is 6.45. The summed E-state index contributed by atoms with van der Waals surface area (Å²) < 4.78 is 45.5. The molecule has 9 heteroatoms. The van der Waals surface area contributed by atoms with E-state index in [4.69, 9.17) is 11.6 Å². The second-order valence-corrected chi connectivity index (χ2v) is 4.68. The van der Waals surface area contributed by atoms with Crippen molar-refractivity contribution in [2.45, 2.75) is 18.7 Å². The Morgan fingerprint density at radius 1 is 1.53 bits per heavy atom. The molecule has 0 saturated heterocycles. The van der Waals surface area contributed by atoms with Crippen LogP contribution in [0.3, 0.4) is 0 Å². The minimum absolute atomic E-state index is 0.0282. The number of methoxy groups -OCH3 is 1. The Kier molecular flexibility index (Phi) is 5.65. The van der Waals surface area contributed by atoms with Crippen molar-refractivity contribution in [1.82, 2.24) is 4.98 Å². The average molecular weight is 410 g/mol. The molecule has 1 heterocycles. The van der Waals surface area contributed by atoms with Gasteiger partial charge in [0.2, 0.25) is 0 Å². The Balaban J connectivity index is 3.25. The summed E-state index contributed by atoms with van der Waals surface area (Å²) in [6.07, 6.45) is -5.26. The molecule has 0 aliphatic rings. The fourth-order valence-electron chi connectivity index (χ4n) is 1.30. The Labute approximate surface area is 125 Å². The highest BCUT2D eigenvalue weighted by Crippen LogP contribution is 2.30. The van der Waals surface area contributed by atoms with Crippen LogP contribution in [-0.4, -0.2) is 24.4 Å². The third-order valence-electron chi connectivity index (χ3n) is 2.04. The first-order chi connectivity index (χ1) is 8.76. The second-order valence-electron chi connectivity index (χ2n) is 3.30. The summed E-state index contributed by atoms with van der Waals surface area (Å²) >= 11 is 7.35. The number of nitrogens with zero attached hydrogens (tertiary/aromatic N) is 1. The fourth-order valence-corrected chi connectivity index (χ4v) is 2.09. The van der Waals surface area contributed by atoms with E-state index in [1.54, 1.807) is 22.6 Å². The summed E-state index contributed by atoms with van der Waals surface area (Å²) in [7, 11) is 1.13. The van der Waals surface area contributed by atoms with Gasteiger partial charge in [0.1, 0.15) is 9.45 Å². The maximum Gasteiger partial charge on any atom is 0.573 e. The van der Waals surface area contributed by atoms with Crippen LogP contribution in [0.2, 0.25) is 0 Å². The zero-order chi connectivity index (χ0) is 14.6. The molecular formula is C10H8ClF3INO3. The molecule has 0 fully saturated rings. The maximum atomic E-state index is 12.3. The van der Waals surface area contributed by atoms with Crippen LogP contribution in [0.1, 0.15) is 11.3 Å². The highest BCUT2D eigenvalue weighted by Gasteiger charge is 2.33. The number of esters is 1. The number of halogens is 5. The van der Waals surface area contributed by atoms with E-state index < -0.39 is 24.5 Å². The van der Waals surface area contributed by atoms with Gasteiger partial charge in [0, 0.05) is 11.6 Å². The minimum atomic E-state index is -4.86. The molecule has 0 bridgehead atoms. The van der Waals surface area contributed by atoms with Crippen molar-refractivity contribution in [2.75, 3.05) is 7.11 Å². The van der Waals surface area contributed by atoms with Gasteiger partial charge in [0.25, 0.3) is 0 Å². The zero-order valence-electron chi connectivity index (χ0n) is 9.55. The molecule has 1 aromatic rings. The summed E-state index contributed by atoms with van der Waals surface area (Å²) in [5.41, 5.74) is 0.123. The molecule has 1 aromatic heterocycles. The number of rotatable bonds is 4. The molecule has 0 aromatic carbocycles. The van der Waals surface area contributed by atoms with Crippen LogP contribution in [0.25, 0.3) is 0 Å². The van der Waals surface area contributed by atoms with Crippen LogP contribution < -0.4 is 4.74 Å². The third kappa shape index (κ3) is 5.01. The molecule has 0 N–H and O–H groups in total. The Bertz CT molecular complexity index is 482. The average Bonchev–Trinajstić information content (AvgIpc) is 2.29. The number of hydrogen-bond acceptors (Lipinski definition) is 4. The molecular weight excluding hydrogens is 401 g/mol. The third-order valence-corrected chi connectivity index (χ3v) is 2.84. The van der Waals surface area contributed by atoms with E-state index in [0.29, 0.717) is 0 Å². The van der Waals surface area contributed by atoms with Crippen LogP contribution in [0, 0.1) is 3.70 Å². The quantitative estimate of drug-likeness (QED) is 0.332. The summed E-state index contributed by atoms with van der Waals surface area (Å²) in [4.78, 5) is 15.2. The lowest BCUT2D eigenvalue weighted by Gasteiger charge is -2.15. The van der Waals surface area contributed by atoms with Gasteiger partial charge in [-0.2, -0.15) is 0 Å². The number of ether oxygens (including phenoxy) is 2. The predicted octanol–water partition coefficient (Wildman–Crippen LogP) is 3.04. The molecule has 0 spiro atoms. The lowest BCUT2D eigenvalue weighted by Crippen LogP contribution is -2.20. The van der Waals surface area contributed by atoms with Gasteiger partial charge in [-0.05, 0) is 22.6 Å². The van der Waals surface area contributed by atoms with E-state index in [1.165, 1.54) is 0 Å². The molecule has 0 unspecified atom stereocenters. The Hall–Kier alpha value is -0.770. The maximum absolute atomic E-state index is 12.3. The van der Waals surface area contributed by atoms with Crippen molar-refractivity contribution in [1.29, 1.82) is 0 Å². The second kappa shape index (κ2) is 6.60. The largest absolute Gasteiger partial charge is 0.573 e. The van der Waals surface area contributed by atoms with E-state index in [0.717, 1.165) is 13.2 Å². The van der Waals surface area contributed by atoms with Crippen molar-refractivity contribution in [3.05, 3.63) is 21.0 Å². The molecule has 0 atom stereocenters. The van der Waals surface area contributed by atoms with Gasteiger partial charge in [-0.15, -0.1) is 24.8 Å². The molecule has 106 valence electrons. The first-order valence-electron chi connectivity index (χ1n) is 4.83. The molecule has 1 rings (SSSR count). The molecule has 4 nitrogen and oxygen atoms in total.